The Hall–Kier alpha value is -3.48. The second-order valence-corrected chi connectivity index (χ2v) is 6.49. The van der Waals surface area contributed by atoms with E-state index < -0.39 is 41.0 Å². The van der Waals surface area contributed by atoms with E-state index in [9.17, 15) is 28.1 Å². The summed E-state index contributed by atoms with van der Waals surface area (Å²) in [6.45, 7) is 0.811. The maximum Gasteiger partial charge on any atom is 0.319 e. The number of carbonyl (C=O) groups excluding carboxylic acids is 1. The van der Waals surface area contributed by atoms with Crippen LogP contribution >= 0.6 is 11.6 Å². The molecule has 0 radical (unpaired) electrons. The molecule has 0 spiro atoms. The van der Waals surface area contributed by atoms with Crippen molar-refractivity contribution in [1.29, 1.82) is 0 Å². The highest BCUT2D eigenvalue weighted by Gasteiger charge is 2.31. The fraction of sp³-hybridized carbons (Fsp3) is 0.250. The number of halogens is 4. The molecule has 0 aliphatic heterocycles. The number of hydrogen-bond acceptors (Lipinski definition) is 6. The molecule has 10 nitrogen and oxygen atoms in total. The van der Waals surface area contributed by atoms with Gasteiger partial charge in [0.15, 0.2) is 0 Å². The van der Waals surface area contributed by atoms with E-state index in [4.69, 9.17) is 11.6 Å². The fourth-order valence-corrected chi connectivity index (χ4v) is 2.87. The Kier molecular flexibility index (Phi) is 6.01. The fourth-order valence-electron chi connectivity index (χ4n) is 2.64. The molecule has 0 aliphatic rings. The number of rotatable bonds is 7. The summed E-state index contributed by atoms with van der Waals surface area (Å²) in [5.41, 5.74) is -1.46. The summed E-state index contributed by atoms with van der Waals surface area (Å²) in [6.07, 6.45) is -1.86. The number of nitro groups is 1. The van der Waals surface area contributed by atoms with Crippen molar-refractivity contribution in [2.75, 3.05) is 5.32 Å². The molecule has 3 rings (SSSR count). The lowest BCUT2D eigenvalue weighted by atomic mass is 10.2. The van der Waals surface area contributed by atoms with Crippen molar-refractivity contribution in [2.24, 2.45) is 0 Å². The number of alkyl halides is 2. The lowest BCUT2D eigenvalue weighted by molar-refractivity contribution is -0.386. The quantitative estimate of drug-likeness (QED) is 0.442. The minimum atomic E-state index is -3.16. The highest BCUT2D eigenvalue weighted by molar-refractivity contribution is 6.31. The van der Waals surface area contributed by atoms with E-state index >= 15 is 0 Å². The van der Waals surface area contributed by atoms with E-state index in [1.54, 1.807) is 0 Å². The van der Waals surface area contributed by atoms with Gasteiger partial charge in [-0.3, -0.25) is 24.9 Å². The van der Waals surface area contributed by atoms with Gasteiger partial charge in [-0.25, -0.2) is 22.8 Å². The van der Waals surface area contributed by atoms with Gasteiger partial charge >= 0.3 is 5.69 Å². The van der Waals surface area contributed by atoms with E-state index in [0.29, 0.717) is 5.56 Å². The maximum atomic E-state index is 13.1. The largest absolute Gasteiger partial charge is 0.319 e. The minimum Gasteiger partial charge on any atom is -0.292 e. The first-order valence-electron chi connectivity index (χ1n) is 8.28. The van der Waals surface area contributed by atoms with Gasteiger partial charge in [0.05, 0.1) is 11.5 Å². The van der Waals surface area contributed by atoms with Gasteiger partial charge in [-0.15, -0.1) is 5.10 Å². The Bertz CT molecular complexity index is 1120. The van der Waals surface area contributed by atoms with Crippen LogP contribution in [0.4, 0.5) is 24.8 Å². The molecule has 3 aromatic rings. The second kappa shape index (κ2) is 8.49. The van der Waals surface area contributed by atoms with Gasteiger partial charge in [-0.05, 0) is 24.6 Å². The normalized spacial score (nSPS) is 11.1. The molecule has 1 amide bonds. The molecule has 0 aliphatic carbocycles. The average Bonchev–Trinajstić information content (AvgIpc) is 3.22. The maximum absolute atomic E-state index is 13.1. The number of hydrogen-bond donors (Lipinski definition) is 1. The Labute approximate surface area is 171 Å². The van der Waals surface area contributed by atoms with E-state index in [1.165, 1.54) is 30.1 Å². The molecule has 1 aromatic carbocycles. The molecule has 2 heterocycles. The van der Waals surface area contributed by atoms with Crippen molar-refractivity contribution in [2.45, 2.75) is 26.4 Å². The average molecular weight is 444 g/mol. The molecule has 158 valence electrons. The molecular formula is C16H13ClF3N7O3. The summed E-state index contributed by atoms with van der Waals surface area (Å²) < 4.78 is 41.2. The molecular weight excluding hydrogens is 431 g/mol. The van der Waals surface area contributed by atoms with E-state index in [2.05, 4.69) is 20.5 Å². The third-order valence-electron chi connectivity index (χ3n) is 4.02. The monoisotopic (exact) mass is 443 g/mol. The molecule has 30 heavy (non-hydrogen) atoms. The number of aromatic nitrogens is 5. The minimum absolute atomic E-state index is 0.0911. The summed E-state index contributed by atoms with van der Waals surface area (Å²) in [5.74, 6) is -1.31. The van der Waals surface area contributed by atoms with Crippen molar-refractivity contribution in [1.82, 2.24) is 24.5 Å². The summed E-state index contributed by atoms with van der Waals surface area (Å²) in [5, 5.41) is 21.0. The summed E-state index contributed by atoms with van der Waals surface area (Å²) >= 11 is 5.95. The Morgan fingerprint density at radius 3 is 2.70 bits per heavy atom. The van der Waals surface area contributed by atoms with Crippen LogP contribution in [0.25, 0.3) is 0 Å². The first kappa shape index (κ1) is 21.2. The van der Waals surface area contributed by atoms with Crippen molar-refractivity contribution in [3.63, 3.8) is 0 Å². The molecule has 2 aromatic heterocycles. The van der Waals surface area contributed by atoms with E-state index in [1.807, 2.05) is 0 Å². The molecule has 0 bridgehead atoms. The zero-order valence-corrected chi connectivity index (χ0v) is 16.0. The zero-order valence-electron chi connectivity index (χ0n) is 15.2. The van der Waals surface area contributed by atoms with Gasteiger partial charge in [0.2, 0.25) is 17.5 Å². The van der Waals surface area contributed by atoms with Crippen LogP contribution in [0.5, 0.6) is 0 Å². The van der Waals surface area contributed by atoms with Gasteiger partial charge in [0, 0.05) is 5.02 Å². The molecule has 0 saturated heterocycles. The topological polar surface area (TPSA) is 121 Å². The summed E-state index contributed by atoms with van der Waals surface area (Å²) in [7, 11) is 0. The van der Waals surface area contributed by atoms with Crippen LogP contribution in [-0.4, -0.2) is 35.4 Å². The number of nitrogens with one attached hydrogen (secondary N) is 1. The first-order chi connectivity index (χ1) is 14.2. The number of carbonyl (C=O) groups is 1. The van der Waals surface area contributed by atoms with Gasteiger partial charge in [0.25, 0.3) is 6.43 Å². The van der Waals surface area contributed by atoms with Crippen molar-refractivity contribution < 1.29 is 22.9 Å². The van der Waals surface area contributed by atoms with Gasteiger partial charge in [-0.1, -0.05) is 17.7 Å². The molecule has 0 atom stereocenters. The van der Waals surface area contributed by atoms with E-state index in [-0.39, 0.29) is 23.2 Å². The molecule has 0 unspecified atom stereocenters. The summed E-state index contributed by atoms with van der Waals surface area (Å²) in [4.78, 5) is 26.1. The summed E-state index contributed by atoms with van der Waals surface area (Å²) in [6, 6.07) is 3.86. The van der Waals surface area contributed by atoms with Crippen molar-refractivity contribution in [3.05, 3.63) is 62.4 Å². The molecule has 0 fully saturated rings. The van der Waals surface area contributed by atoms with Crippen LogP contribution < -0.4 is 5.32 Å². The van der Waals surface area contributed by atoms with Crippen LogP contribution in [0.15, 0.2) is 24.5 Å². The standard InChI is InChI=1S/C16H13ClF3N7O3/c1-8-14(27(29)30)13(15(19)20)23-26(8)6-12(28)22-16-21-7-25(24-16)5-9-2-3-10(18)4-11(9)17/h2-4,7,15H,5-6H2,1H3,(H,22,24,28). The van der Waals surface area contributed by atoms with Crippen LogP contribution in [0.1, 0.15) is 23.4 Å². The Morgan fingerprint density at radius 1 is 1.37 bits per heavy atom. The second-order valence-electron chi connectivity index (χ2n) is 6.08. The molecule has 14 heteroatoms. The highest BCUT2D eigenvalue weighted by atomic mass is 35.5. The third-order valence-corrected chi connectivity index (χ3v) is 4.37. The third kappa shape index (κ3) is 4.56. The number of amides is 1. The number of anilines is 1. The van der Waals surface area contributed by atoms with Crippen molar-refractivity contribution >= 4 is 29.1 Å². The van der Waals surface area contributed by atoms with Crippen LogP contribution in [0.3, 0.4) is 0 Å². The smallest absolute Gasteiger partial charge is 0.292 e. The van der Waals surface area contributed by atoms with Crippen LogP contribution in [0.2, 0.25) is 5.02 Å². The number of benzene rings is 1. The molecule has 1 N–H and O–H groups in total. The lowest BCUT2D eigenvalue weighted by Crippen LogP contribution is -2.21. The van der Waals surface area contributed by atoms with Crippen LogP contribution in [-0.2, 0) is 17.9 Å². The van der Waals surface area contributed by atoms with Crippen molar-refractivity contribution in [3.8, 4) is 0 Å². The zero-order chi connectivity index (χ0) is 22.0. The SMILES string of the molecule is Cc1c([N+](=O)[O-])c(C(F)F)nn1CC(=O)Nc1ncn(Cc2ccc(F)cc2Cl)n1. The highest BCUT2D eigenvalue weighted by Crippen LogP contribution is 2.30. The van der Waals surface area contributed by atoms with E-state index in [0.717, 1.165) is 10.7 Å². The van der Waals surface area contributed by atoms with Gasteiger partial charge < -0.3 is 0 Å². The Morgan fingerprint density at radius 2 is 2.10 bits per heavy atom. The Balaban J connectivity index is 1.69. The number of nitrogens with zero attached hydrogens (tertiary/aromatic N) is 6. The van der Waals surface area contributed by atoms with Gasteiger partial charge in [-0.2, -0.15) is 5.10 Å². The molecule has 0 saturated carbocycles. The van der Waals surface area contributed by atoms with Gasteiger partial charge in [0.1, 0.15) is 24.4 Å². The van der Waals surface area contributed by atoms with Crippen LogP contribution in [0, 0.1) is 22.9 Å². The predicted molar refractivity (Wildman–Crippen MR) is 97.7 cm³/mol. The first-order valence-corrected chi connectivity index (χ1v) is 8.66. The predicted octanol–water partition coefficient (Wildman–Crippen LogP) is 3.11. The lowest BCUT2D eigenvalue weighted by Gasteiger charge is -2.04.